The third kappa shape index (κ3) is 2.18. The summed E-state index contributed by atoms with van der Waals surface area (Å²) in [5.41, 5.74) is 4.95. The van der Waals surface area contributed by atoms with E-state index in [4.69, 9.17) is 0 Å². The zero-order chi connectivity index (χ0) is 12.4. The van der Waals surface area contributed by atoms with Crippen LogP contribution in [-0.2, 0) is 0 Å². The molecular formula is C15H16N2S. The second-order valence-corrected chi connectivity index (χ2v) is 5.45. The lowest BCUT2D eigenvalue weighted by atomic mass is 10.0. The lowest BCUT2D eigenvalue weighted by Gasteiger charge is -2.18. The van der Waals surface area contributed by atoms with Crippen LogP contribution in [0.25, 0.3) is 11.1 Å². The number of hydrogen-bond acceptors (Lipinski definition) is 3. The summed E-state index contributed by atoms with van der Waals surface area (Å²) in [6, 6.07) is 15.2. The molecule has 0 aromatic heterocycles. The zero-order valence-corrected chi connectivity index (χ0v) is 11.2. The molecule has 1 aliphatic rings. The first-order valence-electron chi connectivity index (χ1n) is 6.16. The molecule has 0 fully saturated rings. The fourth-order valence-electron chi connectivity index (χ4n) is 2.17. The average Bonchev–Trinajstić information content (AvgIpc) is 2.47. The van der Waals surface area contributed by atoms with Crippen LogP contribution >= 0.6 is 11.8 Å². The van der Waals surface area contributed by atoms with Gasteiger partial charge >= 0.3 is 0 Å². The average molecular weight is 256 g/mol. The Labute approximate surface area is 112 Å². The molecule has 2 aromatic rings. The summed E-state index contributed by atoms with van der Waals surface area (Å²) >= 11 is 1.93. The summed E-state index contributed by atoms with van der Waals surface area (Å²) < 4.78 is 0. The first-order chi connectivity index (χ1) is 8.86. The van der Waals surface area contributed by atoms with Gasteiger partial charge in [0.2, 0.25) is 0 Å². The maximum Gasteiger partial charge on any atom is 0.0479 e. The fourth-order valence-corrected chi connectivity index (χ4v) is 3.10. The van der Waals surface area contributed by atoms with Crippen LogP contribution in [0.2, 0.25) is 0 Å². The van der Waals surface area contributed by atoms with Crippen molar-refractivity contribution < 1.29 is 0 Å². The van der Waals surface area contributed by atoms with Crippen molar-refractivity contribution in [3.8, 4) is 11.1 Å². The van der Waals surface area contributed by atoms with Crippen molar-refractivity contribution >= 4 is 23.1 Å². The molecule has 3 heteroatoms. The van der Waals surface area contributed by atoms with Gasteiger partial charge in [0.25, 0.3) is 0 Å². The Kier molecular flexibility index (Phi) is 3.15. The summed E-state index contributed by atoms with van der Waals surface area (Å²) in [5.74, 6) is 1.15. The lowest BCUT2D eigenvalue weighted by molar-refractivity contribution is 1.17. The Balaban J connectivity index is 2.00. The van der Waals surface area contributed by atoms with Gasteiger partial charge in [0, 0.05) is 35.6 Å². The molecule has 0 atom stereocenters. The van der Waals surface area contributed by atoms with E-state index in [1.54, 1.807) is 0 Å². The molecule has 2 nitrogen and oxygen atoms in total. The predicted octanol–water partition coefficient (Wildman–Crippen LogP) is 3.91. The molecule has 1 heterocycles. The van der Waals surface area contributed by atoms with Crippen molar-refractivity contribution in [3.63, 3.8) is 0 Å². The van der Waals surface area contributed by atoms with Crippen LogP contribution in [-0.4, -0.2) is 19.3 Å². The van der Waals surface area contributed by atoms with Crippen molar-refractivity contribution in [1.82, 2.24) is 0 Å². The van der Waals surface area contributed by atoms with Crippen LogP contribution in [0, 0.1) is 0 Å². The molecule has 0 aliphatic carbocycles. The highest BCUT2D eigenvalue weighted by Crippen LogP contribution is 2.35. The molecule has 18 heavy (non-hydrogen) atoms. The Morgan fingerprint density at radius 2 is 2.00 bits per heavy atom. The van der Waals surface area contributed by atoms with Gasteiger partial charge < -0.3 is 10.6 Å². The van der Waals surface area contributed by atoms with Gasteiger partial charge in [-0.05, 0) is 35.4 Å². The second kappa shape index (κ2) is 4.94. The van der Waals surface area contributed by atoms with Crippen LogP contribution < -0.4 is 10.6 Å². The zero-order valence-electron chi connectivity index (χ0n) is 10.4. The molecule has 0 saturated carbocycles. The fraction of sp³-hybridized carbons (Fsp3) is 0.200. The molecule has 0 radical (unpaired) electrons. The number of anilines is 2. The quantitative estimate of drug-likeness (QED) is 0.851. The van der Waals surface area contributed by atoms with E-state index < -0.39 is 0 Å². The minimum absolute atomic E-state index is 1.06. The monoisotopic (exact) mass is 256 g/mol. The van der Waals surface area contributed by atoms with E-state index in [9.17, 15) is 0 Å². The predicted molar refractivity (Wildman–Crippen MR) is 80.6 cm³/mol. The third-order valence-electron chi connectivity index (χ3n) is 3.14. The summed E-state index contributed by atoms with van der Waals surface area (Å²) in [6.07, 6.45) is 0. The highest BCUT2D eigenvalue weighted by molar-refractivity contribution is 7.99. The standard InChI is InChI=1S/C15H16N2S/c1-16-13-4-2-3-11(9-13)12-5-6-14-15(10-12)18-8-7-17-14/h2-6,9-10,16-17H,7-8H2,1H3. The normalized spacial score (nSPS) is 13.6. The first-order valence-corrected chi connectivity index (χ1v) is 7.14. The van der Waals surface area contributed by atoms with E-state index in [-0.39, 0.29) is 0 Å². The lowest BCUT2D eigenvalue weighted by Crippen LogP contribution is -2.09. The third-order valence-corrected chi connectivity index (χ3v) is 4.20. The van der Waals surface area contributed by atoms with Crippen molar-refractivity contribution in [3.05, 3.63) is 42.5 Å². The number of fused-ring (bicyclic) bond motifs is 1. The molecule has 0 amide bonds. The summed E-state index contributed by atoms with van der Waals surface area (Å²) in [6.45, 7) is 1.06. The van der Waals surface area contributed by atoms with Crippen LogP contribution in [0.4, 0.5) is 11.4 Å². The van der Waals surface area contributed by atoms with Crippen LogP contribution in [0.3, 0.4) is 0 Å². The van der Waals surface area contributed by atoms with Crippen LogP contribution in [0.1, 0.15) is 0 Å². The van der Waals surface area contributed by atoms with E-state index in [0.717, 1.165) is 18.0 Å². The smallest absolute Gasteiger partial charge is 0.0479 e. The SMILES string of the molecule is CNc1cccc(-c2ccc3c(c2)SCCN3)c1. The summed E-state index contributed by atoms with van der Waals surface area (Å²) in [7, 11) is 1.95. The van der Waals surface area contributed by atoms with E-state index in [1.165, 1.54) is 21.7 Å². The van der Waals surface area contributed by atoms with Crippen LogP contribution in [0.5, 0.6) is 0 Å². The maximum absolute atomic E-state index is 3.43. The van der Waals surface area contributed by atoms with Crippen molar-refractivity contribution in [2.75, 3.05) is 30.0 Å². The number of thioether (sulfide) groups is 1. The molecule has 0 saturated heterocycles. The van der Waals surface area contributed by atoms with Gasteiger partial charge in [-0.25, -0.2) is 0 Å². The Morgan fingerprint density at radius 1 is 1.11 bits per heavy atom. The van der Waals surface area contributed by atoms with Gasteiger partial charge in [-0.2, -0.15) is 0 Å². The minimum Gasteiger partial charge on any atom is -0.388 e. The highest BCUT2D eigenvalue weighted by Gasteiger charge is 2.10. The van der Waals surface area contributed by atoms with Gasteiger partial charge in [0.05, 0.1) is 0 Å². The van der Waals surface area contributed by atoms with Gasteiger partial charge in [-0.15, -0.1) is 11.8 Å². The van der Waals surface area contributed by atoms with Crippen molar-refractivity contribution in [2.45, 2.75) is 4.90 Å². The number of nitrogens with one attached hydrogen (secondary N) is 2. The molecule has 2 aromatic carbocycles. The van der Waals surface area contributed by atoms with Gasteiger partial charge in [-0.1, -0.05) is 18.2 Å². The molecular weight excluding hydrogens is 240 g/mol. The van der Waals surface area contributed by atoms with Gasteiger partial charge in [0.15, 0.2) is 0 Å². The Morgan fingerprint density at radius 3 is 2.89 bits per heavy atom. The molecule has 2 N–H and O–H groups in total. The largest absolute Gasteiger partial charge is 0.388 e. The van der Waals surface area contributed by atoms with E-state index in [1.807, 2.05) is 18.8 Å². The topological polar surface area (TPSA) is 24.1 Å². The van der Waals surface area contributed by atoms with E-state index >= 15 is 0 Å². The van der Waals surface area contributed by atoms with E-state index in [2.05, 4.69) is 53.1 Å². The molecule has 0 unspecified atom stereocenters. The summed E-state index contributed by atoms with van der Waals surface area (Å²) in [5, 5.41) is 6.61. The molecule has 0 bridgehead atoms. The van der Waals surface area contributed by atoms with Crippen molar-refractivity contribution in [2.24, 2.45) is 0 Å². The first kappa shape index (κ1) is 11.5. The summed E-state index contributed by atoms with van der Waals surface area (Å²) in [4.78, 5) is 1.36. The van der Waals surface area contributed by atoms with E-state index in [0.29, 0.717) is 0 Å². The second-order valence-electron chi connectivity index (χ2n) is 4.32. The molecule has 1 aliphatic heterocycles. The molecule has 92 valence electrons. The molecule has 0 spiro atoms. The minimum atomic E-state index is 1.06. The highest BCUT2D eigenvalue weighted by atomic mass is 32.2. The van der Waals surface area contributed by atoms with Crippen molar-refractivity contribution in [1.29, 1.82) is 0 Å². The number of hydrogen-bond donors (Lipinski definition) is 2. The van der Waals surface area contributed by atoms with Crippen LogP contribution in [0.15, 0.2) is 47.4 Å². The number of benzene rings is 2. The van der Waals surface area contributed by atoms with Gasteiger partial charge in [0.1, 0.15) is 0 Å². The van der Waals surface area contributed by atoms with Gasteiger partial charge in [-0.3, -0.25) is 0 Å². The Hall–Kier alpha value is -1.61. The Bertz CT molecular complexity index is 566. The number of rotatable bonds is 2. The molecule has 3 rings (SSSR count). The maximum atomic E-state index is 3.43.